The molecule has 0 aromatic heterocycles. The molecule has 19 heavy (non-hydrogen) atoms. The number of amides is 1. The average molecular weight is 279 g/mol. The van der Waals surface area contributed by atoms with Crippen molar-refractivity contribution in [2.75, 3.05) is 6.54 Å². The number of hydrogen-bond donors (Lipinski definition) is 1. The number of aryl methyl sites for hydroxylation is 1. The molecule has 1 aliphatic rings. The molecule has 2 rings (SSSR count). The van der Waals surface area contributed by atoms with E-state index in [2.05, 4.69) is 0 Å². The van der Waals surface area contributed by atoms with Crippen LogP contribution in [0.2, 0.25) is 0 Å². The molecule has 1 fully saturated rings. The van der Waals surface area contributed by atoms with Crippen LogP contribution in [0.15, 0.2) is 24.3 Å². The van der Waals surface area contributed by atoms with Crippen LogP contribution in [0.3, 0.4) is 0 Å². The molecule has 1 aromatic rings. The Hall–Kier alpha value is -1.49. The van der Waals surface area contributed by atoms with Crippen molar-refractivity contribution in [3.8, 4) is 0 Å². The number of aliphatic carboxylic acids is 1. The third-order valence-electron chi connectivity index (χ3n) is 3.18. The van der Waals surface area contributed by atoms with Crippen LogP contribution in [0.25, 0.3) is 0 Å². The molecule has 2 atom stereocenters. The summed E-state index contributed by atoms with van der Waals surface area (Å²) >= 11 is 1.58. The van der Waals surface area contributed by atoms with E-state index in [1.54, 1.807) is 16.7 Å². The van der Waals surface area contributed by atoms with Crippen molar-refractivity contribution in [3.05, 3.63) is 35.4 Å². The summed E-state index contributed by atoms with van der Waals surface area (Å²) in [6, 6.07) is 8.04. The second-order valence-corrected chi connectivity index (χ2v) is 6.14. The minimum atomic E-state index is -0.875. The fourth-order valence-electron chi connectivity index (χ4n) is 2.11. The van der Waals surface area contributed by atoms with E-state index in [9.17, 15) is 9.59 Å². The highest BCUT2D eigenvalue weighted by Crippen LogP contribution is 2.42. The summed E-state index contributed by atoms with van der Waals surface area (Å²) in [5.41, 5.74) is 2.22. The standard InChI is InChI=1S/C14H17NO3S/c1-9-3-5-11(6-4-9)14-15(8-7-12(16)17)13(18)10(2)19-14/h3-6,10,14H,7-8H2,1-2H3,(H,16,17). The largest absolute Gasteiger partial charge is 0.481 e. The van der Waals surface area contributed by atoms with Crippen LogP contribution in [0, 0.1) is 6.92 Å². The maximum absolute atomic E-state index is 12.1. The zero-order chi connectivity index (χ0) is 14.0. The lowest BCUT2D eigenvalue weighted by atomic mass is 10.1. The number of carbonyl (C=O) groups is 2. The first kappa shape index (κ1) is 13.9. The van der Waals surface area contributed by atoms with Crippen molar-refractivity contribution in [3.63, 3.8) is 0 Å². The minimum Gasteiger partial charge on any atom is -0.481 e. The SMILES string of the molecule is Cc1ccc(C2SC(C)C(=O)N2CCC(=O)O)cc1. The van der Waals surface area contributed by atoms with Crippen LogP contribution in [0.5, 0.6) is 0 Å². The maximum atomic E-state index is 12.1. The molecule has 0 radical (unpaired) electrons. The zero-order valence-electron chi connectivity index (χ0n) is 11.0. The van der Waals surface area contributed by atoms with Gasteiger partial charge in [-0.05, 0) is 19.4 Å². The number of carbonyl (C=O) groups excluding carboxylic acids is 1. The second kappa shape index (κ2) is 5.65. The fraction of sp³-hybridized carbons (Fsp3) is 0.429. The van der Waals surface area contributed by atoms with Crippen molar-refractivity contribution >= 4 is 23.6 Å². The molecule has 102 valence electrons. The van der Waals surface area contributed by atoms with Gasteiger partial charge in [-0.1, -0.05) is 29.8 Å². The molecular formula is C14H17NO3S. The van der Waals surface area contributed by atoms with E-state index in [-0.39, 0.29) is 29.5 Å². The predicted octanol–water partition coefficient (Wildman–Crippen LogP) is 2.43. The van der Waals surface area contributed by atoms with Gasteiger partial charge in [-0.15, -0.1) is 11.8 Å². The topological polar surface area (TPSA) is 57.6 Å². The number of benzene rings is 1. The minimum absolute atomic E-state index is 0.0125. The Bertz CT molecular complexity index is 486. The van der Waals surface area contributed by atoms with E-state index in [4.69, 9.17) is 5.11 Å². The molecule has 0 aliphatic carbocycles. The molecule has 1 amide bonds. The number of carboxylic acids is 1. The summed E-state index contributed by atoms with van der Waals surface area (Å²) in [6.45, 7) is 4.15. The highest BCUT2D eigenvalue weighted by atomic mass is 32.2. The molecule has 2 unspecified atom stereocenters. The summed E-state index contributed by atoms with van der Waals surface area (Å²) in [6.07, 6.45) is -0.0125. The Morgan fingerprint density at radius 2 is 2.00 bits per heavy atom. The van der Waals surface area contributed by atoms with E-state index < -0.39 is 5.97 Å². The first-order valence-electron chi connectivity index (χ1n) is 6.23. The number of nitrogens with zero attached hydrogens (tertiary/aromatic N) is 1. The number of thioether (sulfide) groups is 1. The molecule has 0 saturated carbocycles. The molecule has 0 bridgehead atoms. The Morgan fingerprint density at radius 3 is 2.58 bits per heavy atom. The Kier molecular flexibility index (Phi) is 4.14. The van der Waals surface area contributed by atoms with E-state index >= 15 is 0 Å². The lowest BCUT2D eigenvalue weighted by Gasteiger charge is -2.23. The third kappa shape index (κ3) is 3.10. The van der Waals surface area contributed by atoms with Gasteiger partial charge in [0.1, 0.15) is 5.37 Å². The van der Waals surface area contributed by atoms with E-state index in [1.807, 2.05) is 38.1 Å². The lowest BCUT2D eigenvalue weighted by molar-refractivity contribution is -0.138. The van der Waals surface area contributed by atoms with Gasteiger partial charge >= 0.3 is 5.97 Å². The smallest absolute Gasteiger partial charge is 0.305 e. The van der Waals surface area contributed by atoms with Gasteiger partial charge in [-0.2, -0.15) is 0 Å². The molecule has 1 heterocycles. The number of rotatable bonds is 4. The van der Waals surface area contributed by atoms with Gasteiger partial charge in [0.2, 0.25) is 5.91 Å². The summed E-state index contributed by atoms with van der Waals surface area (Å²) in [4.78, 5) is 24.4. The lowest BCUT2D eigenvalue weighted by Crippen LogP contribution is -2.32. The average Bonchev–Trinajstić information content (AvgIpc) is 2.64. The van der Waals surface area contributed by atoms with Gasteiger partial charge in [0.15, 0.2) is 0 Å². The first-order valence-corrected chi connectivity index (χ1v) is 7.17. The van der Waals surface area contributed by atoms with E-state index in [0.29, 0.717) is 0 Å². The Morgan fingerprint density at radius 1 is 1.37 bits per heavy atom. The summed E-state index contributed by atoms with van der Waals surface area (Å²) in [5.74, 6) is -0.850. The van der Waals surface area contributed by atoms with Gasteiger partial charge in [-0.3, -0.25) is 9.59 Å². The van der Waals surface area contributed by atoms with Crippen LogP contribution in [-0.2, 0) is 9.59 Å². The van der Waals surface area contributed by atoms with E-state index in [0.717, 1.165) is 5.56 Å². The highest BCUT2D eigenvalue weighted by molar-refractivity contribution is 8.01. The summed E-state index contributed by atoms with van der Waals surface area (Å²) < 4.78 is 0. The van der Waals surface area contributed by atoms with Crippen molar-refractivity contribution in [2.45, 2.75) is 30.9 Å². The fourth-order valence-corrected chi connectivity index (χ4v) is 3.42. The van der Waals surface area contributed by atoms with Gasteiger partial charge in [0, 0.05) is 6.54 Å². The number of hydrogen-bond acceptors (Lipinski definition) is 3. The van der Waals surface area contributed by atoms with Gasteiger partial charge < -0.3 is 10.0 Å². The van der Waals surface area contributed by atoms with Crippen molar-refractivity contribution in [1.29, 1.82) is 0 Å². The van der Waals surface area contributed by atoms with Gasteiger partial charge in [0.25, 0.3) is 0 Å². The van der Waals surface area contributed by atoms with Crippen LogP contribution in [0.1, 0.15) is 29.8 Å². The molecule has 1 aliphatic heterocycles. The quantitative estimate of drug-likeness (QED) is 0.919. The van der Waals surface area contributed by atoms with E-state index in [1.165, 1.54) is 5.56 Å². The second-order valence-electron chi connectivity index (χ2n) is 4.72. The maximum Gasteiger partial charge on any atom is 0.305 e. The third-order valence-corrected chi connectivity index (χ3v) is 4.57. The Balaban J connectivity index is 2.19. The monoisotopic (exact) mass is 279 g/mol. The molecule has 0 spiro atoms. The summed E-state index contributed by atoms with van der Waals surface area (Å²) in [7, 11) is 0. The van der Waals surface area contributed by atoms with Crippen molar-refractivity contribution in [2.24, 2.45) is 0 Å². The van der Waals surface area contributed by atoms with Crippen LogP contribution < -0.4 is 0 Å². The van der Waals surface area contributed by atoms with Crippen LogP contribution >= 0.6 is 11.8 Å². The Labute approximate surface area is 116 Å². The molecule has 1 aromatic carbocycles. The van der Waals surface area contributed by atoms with Crippen LogP contribution in [0.4, 0.5) is 0 Å². The normalized spacial score (nSPS) is 22.8. The molecule has 5 heteroatoms. The molecule has 1 N–H and O–H groups in total. The van der Waals surface area contributed by atoms with Gasteiger partial charge in [-0.25, -0.2) is 0 Å². The van der Waals surface area contributed by atoms with Gasteiger partial charge in [0.05, 0.1) is 11.7 Å². The molecule has 4 nitrogen and oxygen atoms in total. The van der Waals surface area contributed by atoms with Crippen molar-refractivity contribution in [1.82, 2.24) is 4.90 Å². The highest BCUT2D eigenvalue weighted by Gasteiger charge is 2.38. The number of carboxylic acid groups (broad SMARTS) is 1. The molecular weight excluding hydrogens is 262 g/mol. The first-order chi connectivity index (χ1) is 8.99. The summed E-state index contributed by atoms with van der Waals surface area (Å²) in [5, 5.41) is 8.60. The predicted molar refractivity (Wildman–Crippen MR) is 74.9 cm³/mol. The zero-order valence-corrected chi connectivity index (χ0v) is 11.8. The molecule has 1 saturated heterocycles. The van der Waals surface area contributed by atoms with Crippen LogP contribution in [-0.4, -0.2) is 33.7 Å². The van der Waals surface area contributed by atoms with Crippen molar-refractivity contribution < 1.29 is 14.7 Å².